The molecule has 0 aromatic carbocycles. The first-order valence-corrected chi connectivity index (χ1v) is 5.04. The van der Waals surface area contributed by atoms with Crippen molar-refractivity contribution in [3.8, 4) is 0 Å². The number of ketones is 1. The van der Waals surface area contributed by atoms with E-state index in [1.807, 2.05) is 6.08 Å². The van der Waals surface area contributed by atoms with Crippen molar-refractivity contribution in [1.82, 2.24) is 4.57 Å². The number of hydrogen-bond donors (Lipinski definition) is 0. The quantitative estimate of drug-likeness (QED) is 0.729. The summed E-state index contributed by atoms with van der Waals surface area (Å²) in [6.45, 7) is 0. The van der Waals surface area contributed by atoms with Gasteiger partial charge in [0.1, 0.15) is 5.69 Å². The van der Waals surface area contributed by atoms with Gasteiger partial charge in [-0.3, -0.25) is 4.79 Å². The molecule has 0 fully saturated rings. The van der Waals surface area contributed by atoms with Crippen LogP contribution < -0.4 is 0 Å². The Morgan fingerprint density at radius 1 is 1.41 bits per heavy atom. The first-order valence-electron chi connectivity index (χ1n) is 5.04. The Balaban J connectivity index is 2.47. The highest BCUT2D eigenvalue weighted by atomic mass is 19.4. The zero-order valence-electron chi connectivity index (χ0n) is 9.08. The van der Waals surface area contributed by atoms with Crippen molar-refractivity contribution in [3.05, 3.63) is 41.7 Å². The van der Waals surface area contributed by atoms with Gasteiger partial charge in [-0.1, -0.05) is 18.2 Å². The van der Waals surface area contributed by atoms with Gasteiger partial charge in [0.15, 0.2) is 0 Å². The third-order valence-electron chi connectivity index (χ3n) is 2.66. The number of rotatable bonds is 2. The van der Waals surface area contributed by atoms with E-state index in [1.54, 1.807) is 12.2 Å². The summed E-state index contributed by atoms with van der Waals surface area (Å²) in [4.78, 5) is 11.3. The maximum Gasteiger partial charge on any atom is 0.456 e. The van der Waals surface area contributed by atoms with Crippen molar-refractivity contribution in [2.24, 2.45) is 7.05 Å². The monoisotopic (exact) mass is 241 g/mol. The van der Waals surface area contributed by atoms with Crippen LogP contribution >= 0.6 is 0 Å². The lowest BCUT2D eigenvalue weighted by Gasteiger charge is -2.09. The van der Waals surface area contributed by atoms with Crippen LogP contribution in [0.4, 0.5) is 13.2 Å². The lowest BCUT2D eigenvalue weighted by atomic mass is 10.0. The Labute approximate surface area is 96.0 Å². The number of halogens is 3. The summed E-state index contributed by atoms with van der Waals surface area (Å²) in [5.41, 5.74) is 0.797. The van der Waals surface area contributed by atoms with Crippen LogP contribution in [0.5, 0.6) is 0 Å². The minimum atomic E-state index is -4.84. The molecule has 0 radical (unpaired) electrons. The largest absolute Gasteiger partial charge is 0.456 e. The molecule has 17 heavy (non-hydrogen) atoms. The fourth-order valence-electron chi connectivity index (χ4n) is 1.85. The molecule has 0 amide bonds. The summed E-state index contributed by atoms with van der Waals surface area (Å²) in [7, 11) is 1.44. The van der Waals surface area contributed by atoms with Crippen molar-refractivity contribution in [2.45, 2.75) is 12.6 Å². The molecule has 2 nitrogen and oxygen atoms in total. The summed E-state index contributed by atoms with van der Waals surface area (Å²) in [5, 5.41) is 0. The second kappa shape index (κ2) is 3.91. The van der Waals surface area contributed by atoms with E-state index in [4.69, 9.17) is 0 Å². The van der Waals surface area contributed by atoms with E-state index < -0.39 is 12.0 Å². The molecule has 5 heteroatoms. The van der Waals surface area contributed by atoms with Crippen molar-refractivity contribution in [3.63, 3.8) is 0 Å². The van der Waals surface area contributed by atoms with E-state index in [0.29, 0.717) is 12.0 Å². The lowest BCUT2D eigenvalue weighted by Crippen LogP contribution is -2.25. The van der Waals surface area contributed by atoms with E-state index in [2.05, 4.69) is 0 Å². The molecule has 1 heterocycles. The number of allylic oxidation sites excluding steroid dienone is 4. The third-order valence-corrected chi connectivity index (χ3v) is 2.66. The highest BCUT2D eigenvalue weighted by Crippen LogP contribution is 2.31. The van der Waals surface area contributed by atoms with Crippen LogP contribution in [0, 0.1) is 0 Å². The minimum Gasteiger partial charge on any atom is -0.347 e. The van der Waals surface area contributed by atoms with E-state index >= 15 is 0 Å². The number of hydrogen-bond acceptors (Lipinski definition) is 1. The first kappa shape index (κ1) is 11.7. The number of carbonyl (C=O) groups excluding carboxylic acids is 1. The van der Waals surface area contributed by atoms with Gasteiger partial charge in [-0.05, 0) is 18.1 Å². The molecule has 0 spiro atoms. The summed E-state index contributed by atoms with van der Waals surface area (Å²) in [5.74, 6) is -1.80. The summed E-state index contributed by atoms with van der Waals surface area (Å²) >= 11 is 0. The van der Waals surface area contributed by atoms with Crippen LogP contribution in [0.15, 0.2) is 30.5 Å². The number of aromatic nitrogens is 1. The highest BCUT2D eigenvalue weighted by Gasteiger charge is 2.42. The summed E-state index contributed by atoms with van der Waals surface area (Å²) in [6, 6.07) is 1.54. The molecule has 0 atom stereocenters. The molecule has 90 valence electrons. The number of Topliss-reactive ketones (excluding diaryl/α,β-unsaturated/α-hetero) is 1. The van der Waals surface area contributed by atoms with Gasteiger partial charge in [-0.2, -0.15) is 13.2 Å². The first-order chi connectivity index (χ1) is 7.91. The molecule has 0 aliphatic heterocycles. The number of aryl methyl sites for hydroxylation is 1. The second-order valence-corrected chi connectivity index (χ2v) is 3.84. The van der Waals surface area contributed by atoms with Crippen LogP contribution in [0.25, 0.3) is 5.57 Å². The standard InChI is InChI=1S/C12H10F3NO/c1-16-7-6-9(8-4-2-3-5-8)10(16)11(17)12(13,14)15/h2-4,6-7H,5H2,1H3. The van der Waals surface area contributed by atoms with Crippen molar-refractivity contribution < 1.29 is 18.0 Å². The average molecular weight is 241 g/mol. The Morgan fingerprint density at radius 3 is 2.65 bits per heavy atom. The molecular formula is C12H10F3NO. The molecule has 1 aliphatic rings. The zero-order chi connectivity index (χ0) is 12.6. The summed E-state index contributed by atoms with van der Waals surface area (Å²) < 4.78 is 38.6. The van der Waals surface area contributed by atoms with Crippen LogP contribution in [0.3, 0.4) is 0 Å². The normalized spacial score (nSPS) is 15.2. The van der Waals surface area contributed by atoms with Gasteiger partial charge in [0.25, 0.3) is 5.78 Å². The number of carbonyl (C=O) groups is 1. The highest BCUT2D eigenvalue weighted by molar-refractivity contribution is 6.03. The molecule has 0 saturated carbocycles. The second-order valence-electron chi connectivity index (χ2n) is 3.84. The van der Waals surface area contributed by atoms with Gasteiger partial charge in [0.05, 0.1) is 0 Å². The molecule has 0 saturated heterocycles. The Hall–Kier alpha value is -1.78. The van der Waals surface area contributed by atoms with Crippen LogP contribution in [-0.4, -0.2) is 16.5 Å². The van der Waals surface area contributed by atoms with E-state index in [-0.39, 0.29) is 5.69 Å². The summed E-state index contributed by atoms with van der Waals surface area (Å²) in [6.07, 6.45) is 2.51. The third kappa shape index (κ3) is 2.05. The Bertz CT molecular complexity index is 520. The molecule has 1 aromatic rings. The van der Waals surface area contributed by atoms with Crippen LogP contribution in [0.1, 0.15) is 22.5 Å². The predicted molar refractivity (Wildman–Crippen MR) is 57.5 cm³/mol. The molecule has 1 aliphatic carbocycles. The zero-order valence-corrected chi connectivity index (χ0v) is 9.08. The van der Waals surface area contributed by atoms with Gasteiger partial charge in [-0.25, -0.2) is 0 Å². The average Bonchev–Trinajstić information content (AvgIpc) is 2.83. The minimum absolute atomic E-state index is 0.299. The van der Waals surface area contributed by atoms with Crippen molar-refractivity contribution in [2.75, 3.05) is 0 Å². The maximum absolute atomic E-state index is 12.5. The van der Waals surface area contributed by atoms with Gasteiger partial charge >= 0.3 is 6.18 Å². The van der Waals surface area contributed by atoms with Gasteiger partial charge < -0.3 is 4.57 Å². The fraction of sp³-hybridized carbons (Fsp3) is 0.250. The lowest BCUT2D eigenvalue weighted by molar-refractivity contribution is -0.0890. The molecule has 2 rings (SSSR count). The van der Waals surface area contributed by atoms with E-state index in [9.17, 15) is 18.0 Å². The van der Waals surface area contributed by atoms with Gasteiger partial charge in [-0.15, -0.1) is 0 Å². The van der Waals surface area contributed by atoms with Gasteiger partial charge in [0, 0.05) is 18.8 Å². The fourth-order valence-corrected chi connectivity index (χ4v) is 1.85. The Morgan fingerprint density at radius 2 is 2.12 bits per heavy atom. The van der Waals surface area contributed by atoms with Crippen molar-refractivity contribution >= 4 is 11.4 Å². The van der Waals surface area contributed by atoms with E-state index in [1.165, 1.54) is 23.9 Å². The molecule has 0 N–H and O–H groups in total. The molecular weight excluding hydrogens is 231 g/mol. The number of nitrogens with zero attached hydrogens (tertiary/aromatic N) is 1. The van der Waals surface area contributed by atoms with E-state index in [0.717, 1.165) is 5.57 Å². The number of alkyl halides is 3. The SMILES string of the molecule is Cn1ccc(C2=CC=CC2)c1C(=O)C(F)(F)F. The van der Waals surface area contributed by atoms with Crippen LogP contribution in [-0.2, 0) is 7.05 Å². The molecule has 1 aromatic heterocycles. The topological polar surface area (TPSA) is 22.0 Å². The van der Waals surface area contributed by atoms with Crippen LogP contribution in [0.2, 0.25) is 0 Å². The molecule has 0 unspecified atom stereocenters. The van der Waals surface area contributed by atoms with Crippen molar-refractivity contribution in [1.29, 1.82) is 0 Å². The Kier molecular flexibility index (Phi) is 2.69. The molecule has 0 bridgehead atoms. The predicted octanol–water partition coefficient (Wildman–Crippen LogP) is 3.11. The smallest absolute Gasteiger partial charge is 0.347 e. The van der Waals surface area contributed by atoms with Gasteiger partial charge in [0.2, 0.25) is 0 Å². The maximum atomic E-state index is 12.5.